The summed E-state index contributed by atoms with van der Waals surface area (Å²) in [6.07, 6.45) is 1.04. The second-order valence-corrected chi connectivity index (χ2v) is 6.71. The lowest BCUT2D eigenvalue weighted by Gasteiger charge is -2.25. The molecule has 0 saturated heterocycles. The highest BCUT2D eigenvalue weighted by Crippen LogP contribution is 2.23. The number of aliphatic hydroxyl groups is 1. The molecule has 0 aliphatic carbocycles. The van der Waals surface area contributed by atoms with Crippen molar-refractivity contribution in [1.29, 1.82) is 0 Å². The Labute approximate surface area is 136 Å². The maximum absolute atomic E-state index is 12.2. The summed E-state index contributed by atoms with van der Waals surface area (Å²) in [5.41, 5.74) is 1.06. The highest BCUT2D eigenvalue weighted by atomic mass is 32.1. The van der Waals surface area contributed by atoms with Crippen LogP contribution in [-0.4, -0.2) is 15.5 Å². The highest BCUT2D eigenvalue weighted by Gasteiger charge is 2.19. The van der Waals surface area contributed by atoms with Crippen molar-refractivity contribution in [3.05, 3.63) is 64.4 Å². The maximum Gasteiger partial charge on any atom is 0.165 e. The molecule has 1 aromatic heterocycles. The van der Waals surface area contributed by atoms with Crippen molar-refractivity contribution in [2.45, 2.75) is 38.8 Å². The van der Waals surface area contributed by atoms with E-state index in [1.54, 1.807) is 18.2 Å². The van der Waals surface area contributed by atoms with Crippen molar-refractivity contribution in [3.8, 4) is 0 Å². The first kappa shape index (κ1) is 16.6. The number of hydrogen-bond acceptors (Lipinski definition) is 3. The van der Waals surface area contributed by atoms with Crippen molar-refractivity contribution in [1.82, 2.24) is 4.57 Å². The fourth-order valence-corrected chi connectivity index (χ4v) is 2.86. The Kier molecular flexibility index (Phi) is 4.94. The third-order valence-corrected chi connectivity index (χ3v) is 3.97. The van der Waals surface area contributed by atoms with E-state index in [0.717, 1.165) is 0 Å². The number of aliphatic hydroxyl groups excluding tert-OH is 1. The summed E-state index contributed by atoms with van der Waals surface area (Å²) in [6, 6.07) is 12.6. The van der Waals surface area contributed by atoms with Gasteiger partial charge in [0.25, 0.3) is 0 Å². The molecule has 0 spiro atoms. The van der Waals surface area contributed by atoms with Gasteiger partial charge in [0.15, 0.2) is 5.78 Å². The number of Topliss-reactive ketones (excluding diaryl/α,β-unsaturated/α-hetero) is 1. The zero-order valence-corrected chi connectivity index (χ0v) is 13.9. The molecule has 0 unspecified atom stereocenters. The summed E-state index contributed by atoms with van der Waals surface area (Å²) < 4.78 is 2.51. The Morgan fingerprint density at radius 3 is 2.41 bits per heavy atom. The van der Waals surface area contributed by atoms with Crippen LogP contribution in [0.1, 0.15) is 49.2 Å². The van der Waals surface area contributed by atoms with Crippen LogP contribution in [-0.2, 0) is 5.54 Å². The molecular weight excluding hydrogens is 294 g/mol. The normalized spacial score (nSPS) is 12.9. The van der Waals surface area contributed by atoms with Crippen LogP contribution < -0.4 is 0 Å². The topological polar surface area (TPSA) is 42.2 Å². The number of ketones is 1. The van der Waals surface area contributed by atoms with Gasteiger partial charge < -0.3 is 9.67 Å². The first-order valence-corrected chi connectivity index (χ1v) is 7.70. The van der Waals surface area contributed by atoms with E-state index in [-0.39, 0.29) is 17.7 Å². The molecule has 22 heavy (non-hydrogen) atoms. The zero-order chi connectivity index (χ0) is 16.3. The molecule has 116 valence electrons. The Morgan fingerprint density at radius 1 is 1.18 bits per heavy atom. The number of benzene rings is 1. The Hall–Kier alpha value is -1.78. The zero-order valence-electron chi connectivity index (χ0n) is 13.1. The van der Waals surface area contributed by atoms with Gasteiger partial charge in [-0.15, -0.1) is 0 Å². The van der Waals surface area contributed by atoms with E-state index in [0.29, 0.717) is 15.8 Å². The maximum atomic E-state index is 12.2. The number of nitrogens with zero attached hydrogens (tertiary/aromatic N) is 1. The molecule has 0 radical (unpaired) electrons. The molecule has 2 rings (SSSR count). The molecule has 0 bridgehead atoms. The molecule has 1 aromatic carbocycles. The molecular formula is C18H21NO2S. The lowest BCUT2D eigenvalue weighted by atomic mass is 10.0. The lowest BCUT2D eigenvalue weighted by Crippen LogP contribution is -2.23. The average Bonchev–Trinajstić information content (AvgIpc) is 2.47. The second-order valence-electron chi connectivity index (χ2n) is 6.32. The number of carbonyl (C=O) groups is 1. The predicted octanol–water partition coefficient (Wildman–Crippen LogP) is 4.28. The SMILES string of the molecule is CC(C)(C)n1cccc([C@@H](O)CC(=O)c2ccccc2)c1=S. The third kappa shape index (κ3) is 3.70. The fraction of sp³-hybridized carbons (Fsp3) is 0.333. The standard InChI is InChI=1S/C18H21NO2S/c1-18(2,3)19-11-7-10-14(17(19)22)16(21)12-15(20)13-8-5-4-6-9-13/h4-11,16,21H,12H2,1-3H3/t16-/m0/s1. The van der Waals surface area contributed by atoms with E-state index in [2.05, 4.69) is 0 Å². The molecule has 1 heterocycles. The van der Waals surface area contributed by atoms with Gasteiger partial charge in [-0.3, -0.25) is 4.79 Å². The number of hydrogen-bond donors (Lipinski definition) is 1. The van der Waals surface area contributed by atoms with E-state index in [1.807, 2.05) is 55.8 Å². The number of carbonyl (C=O) groups excluding carboxylic acids is 1. The molecule has 0 fully saturated rings. The predicted molar refractivity (Wildman–Crippen MR) is 90.6 cm³/mol. The van der Waals surface area contributed by atoms with Crippen LogP contribution in [0.2, 0.25) is 0 Å². The smallest absolute Gasteiger partial charge is 0.165 e. The minimum atomic E-state index is -0.894. The van der Waals surface area contributed by atoms with Crippen molar-refractivity contribution in [3.63, 3.8) is 0 Å². The van der Waals surface area contributed by atoms with E-state index < -0.39 is 6.10 Å². The van der Waals surface area contributed by atoms with Crippen LogP contribution in [0.4, 0.5) is 0 Å². The van der Waals surface area contributed by atoms with Crippen molar-refractivity contribution >= 4 is 18.0 Å². The summed E-state index contributed by atoms with van der Waals surface area (Å²) in [4.78, 5) is 12.2. The Balaban J connectivity index is 2.26. The van der Waals surface area contributed by atoms with Crippen LogP contribution in [0.3, 0.4) is 0 Å². The van der Waals surface area contributed by atoms with E-state index in [9.17, 15) is 9.90 Å². The van der Waals surface area contributed by atoms with Crippen molar-refractivity contribution in [2.75, 3.05) is 0 Å². The number of pyridine rings is 1. The Morgan fingerprint density at radius 2 is 1.82 bits per heavy atom. The summed E-state index contributed by atoms with van der Waals surface area (Å²) in [7, 11) is 0. The fourth-order valence-electron chi connectivity index (χ4n) is 2.32. The average molecular weight is 315 g/mol. The van der Waals surface area contributed by atoms with E-state index in [1.165, 1.54) is 0 Å². The highest BCUT2D eigenvalue weighted by molar-refractivity contribution is 7.71. The summed E-state index contributed by atoms with van der Waals surface area (Å²) >= 11 is 5.48. The van der Waals surface area contributed by atoms with Crippen LogP contribution >= 0.6 is 12.2 Å². The summed E-state index contributed by atoms with van der Waals surface area (Å²) in [5, 5.41) is 10.4. The van der Waals surface area contributed by atoms with Crippen molar-refractivity contribution < 1.29 is 9.90 Å². The van der Waals surface area contributed by atoms with Gasteiger partial charge >= 0.3 is 0 Å². The van der Waals surface area contributed by atoms with Gasteiger partial charge in [-0.05, 0) is 26.8 Å². The van der Waals surface area contributed by atoms with Gasteiger partial charge in [-0.2, -0.15) is 0 Å². The van der Waals surface area contributed by atoms with Crippen LogP contribution in [0.25, 0.3) is 0 Å². The van der Waals surface area contributed by atoms with Gasteiger partial charge in [0.1, 0.15) is 4.64 Å². The number of rotatable bonds is 4. The van der Waals surface area contributed by atoms with Gasteiger partial charge in [0, 0.05) is 29.3 Å². The second kappa shape index (κ2) is 6.55. The lowest BCUT2D eigenvalue weighted by molar-refractivity contribution is 0.0878. The summed E-state index contributed by atoms with van der Waals surface area (Å²) in [6.45, 7) is 6.15. The minimum Gasteiger partial charge on any atom is -0.388 e. The van der Waals surface area contributed by atoms with Crippen LogP contribution in [0.15, 0.2) is 48.7 Å². The number of aromatic nitrogens is 1. The Bertz CT molecular complexity index is 714. The summed E-state index contributed by atoms with van der Waals surface area (Å²) in [5.74, 6) is -0.0892. The molecule has 1 atom stereocenters. The largest absolute Gasteiger partial charge is 0.388 e. The van der Waals surface area contributed by atoms with Crippen LogP contribution in [0.5, 0.6) is 0 Å². The molecule has 0 saturated carbocycles. The molecule has 0 aliphatic rings. The molecule has 2 aromatic rings. The molecule has 4 heteroatoms. The minimum absolute atomic E-state index is 0.0296. The molecule has 0 amide bonds. The third-order valence-electron chi connectivity index (χ3n) is 3.53. The van der Waals surface area contributed by atoms with E-state index in [4.69, 9.17) is 12.2 Å². The molecule has 1 N–H and O–H groups in total. The van der Waals surface area contributed by atoms with Crippen LogP contribution in [0, 0.1) is 4.64 Å². The van der Waals surface area contributed by atoms with Gasteiger partial charge in [-0.25, -0.2) is 0 Å². The molecule has 3 nitrogen and oxygen atoms in total. The van der Waals surface area contributed by atoms with E-state index >= 15 is 0 Å². The first-order chi connectivity index (χ1) is 10.3. The molecule has 0 aliphatic heterocycles. The monoisotopic (exact) mass is 315 g/mol. The first-order valence-electron chi connectivity index (χ1n) is 7.29. The van der Waals surface area contributed by atoms with Gasteiger partial charge in [-0.1, -0.05) is 48.6 Å². The van der Waals surface area contributed by atoms with Gasteiger partial charge in [0.05, 0.1) is 6.10 Å². The quantitative estimate of drug-likeness (QED) is 0.676. The van der Waals surface area contributed by atoms with Gasteiger partial charge in [0.2, 0.25) is 0 Å². The van der Waals surface area contributed by atoms with Crippen molar-refractivity contribution in [2.24, 2.45) is 0 Å².